The first-order valence-corrected chi connectivity index (χ1v) is 6.96. The predicted molar refractivity (Wildman–Crippen MR) is 80.0 cm³/mol. The molecule has 0 aromatic carbocycles. The highest BCUT2D eigenvalue weighted by Gasteiger charge is 2.27. The molecule has 0 bridgehead atoms. The second-order valence-electron chi connectivity index (χ2n) is 4.81. The number of H-pyrrole nitrogens is 1. The van der Waals surface area contributed by atoms with E-state index in [4.69, 9.17) is 17.3 Å². The zero-order chi connectivity index (χ0) is 14.6. The minimum Gasteiger partial charge on any atom is -0.395 e. The summed E-state index contributed by atoms with van der Waals surface area (Å²) in [4.78, 5) is 4.04. The fourth-order valence-corrected chi connectivity index (χ4v) is 2.54. The number of hydrogen-bond donors (Lipinski definition) is 4. The fraction of sp³-hybridized carbons (Fsp3) is 0.429. The highest BCUT2D eigenvalue weighted by Crippen LogP contribution is 2.35. The van der Waals surface area contributed by atoms with E-state index < -0.39 is 5.00 Å². The minimum absolute atomic E-state index is 0.0202. The number of aliphatic hydroxyl groups is 2. The van der Waals surface area contributed by atoms with Crippen molar-refractivity contribution in [1.82, 2.24) is 9.88 Å². The first-order chi connectivity index (χ1) is 9.57. The minimum atomic E-state index is -0.903. The molecule has 1 atom stereocenters. The molecule has 0 spiro atoms. The van der Waals surface area contributed by atoms with Crippen LogP contribution in [-0.4, -0.2) is 51.4 Å². The topological polar surface area (TPSA) is 85.5 Å². The smallest absolute Gasteiger partial charge is 0.114 e. The van der Waals surface area contributed by atoms with E-state index in [9.17, 15) is 10.2 Å². The van der Waals surface area contributed by atoms with Crippen LogP contribution in [0.3, 0.4) is 0 Å². The average Bonchev–Trinajstić information content (AvgIpc) is 2.91. The zero-order valence-corrected chi connectivity index (χ0v) is 12.0. The van der Waals surface area contributed by atoms with Crippen molar-refractivity contribution in [2.45, 2.75) is 11.4 Å². The summed E-state index contributed by atoms with van der Waals surface area (Å²) in [7, 11) is 0. The van der Waals surface area contributed by atoms with E-state index in [1.807, 2.05) is 35.5 Å². The lowest BCUT2D eigenvalue weighted by atomic mass is 9.94. The number of nitrogens with one attached hydrogen (secondary N) is 1. The third kappa shape index (κ3) is 3.43. The summed E-state index contributed by atoms with van der Waals surface area (Å²) in [6.45, 7) is 0.945. The van der Waals surface area contributed by atoms with Crippen LogP contribution in [0.2, 0.25) is 0 Å². The Balaban J connectivity index is 2.35. The molecule has 0 fully saturated rings. The largest absolute Gasteiger partial charge is 0.395 e. The van der Waals surface area contributed by atoms with Gasteiger partial charge in [-0.05, 0) is 12.1 Å². The van der Waals surface area contributed by atoms with Crippen LogP contribution in [-0.2, 0) is 0 Å². The highest BCUT2D eigenvalue weighted by atomic mass is 35.5. The van der Waals surface area contributed by atoms with Crippen LogP contribution in [0.4, 0.5) is 0 Å². The van der Waals surface area contributed by atoms with Crippen molar-refractivity contribution in [3.63, 3.8) is 0 Å². The lowest BCUT2D eigenvalue weighted by Crippen LogP contribution is -2.36. The second-order valence-corrected chi connectivity index (χ2v) is 5.52. The van der Waals surface area contributed by atoms with Crippen LogP contribution in [0, 0.1) is 0 Å². The number of nitrogens with zero attached hydrogens (tertiary/aromatic N) is 1. The quantitative estimate of drug-likeness (QED) is 0.463. The van der Waals surface area contributed by atoms with E-state index in [0.29, 0.717) is 19.5 Å². The Morgan fingerprint density at radius 2 is 2.05 bits per heavy atom. The predicted octanol–water partition coefficient (Wildman–Crippen LogP) is 0.866. The van der Waals surface area contributed by atoms with Crippen molar-refractivity contribution in [3.8, 4) is 0 Å². The summed E-state index contributed by atoms with van der Waals surface area (Å²) < 4.78 is 0. The van der Waals surface area contributed by atoms with Gasteiger partial charge in [0.2, 0.25) is 0 Å². The standard InChI is InChI=1S/C14H20ClN3O2/c15-14(16)3-1-13(18(5-7-19)6-8-20)12(9-14)11-2-4-17-10-11/h1-2,4,9-10,17,19-20H,3,5-8,16H2. The molecule has 110 valence electrons. The van der Waals surface area contributed by atoms with Crippen molar-refractivity contribution in [2.75, 3.05) is 26.3 Å². The van der Waals surface area contributed by atoms with Gasteiger partial charge < -0.3 is 25.8 Å². The molecule has 1 aliphatic rings. The summed E-state index contributed by atoms with van der Waals surface area (Å²) >= 11 is 6.24. The van der Waals surface area contributed by atoms with E-state index in [1.54, 1.807) is 0 Å². The Kier molecular flexibility index (Phi) is 4.88. The molecule has 0 radical (unpaired) electrons. The average molecular weight is 298 g/mol. The molecule has 2 rings (SSSR count). The summed E-state index contributed by atoms with van der Waals surface area (Å²) in [5.41, 5.74) is 8.83. The lowest BCUT2D eigenvalue weighted by molar-refractivity contribution is 0.192. The number of aromatic nitrogens is 1. The monoisotopic (exact) mass is 297 g/mol. The Labute approximate surface area is 123 Å². The van der Waals surface area contributed by atoms with Crippen molar-refractivity contribution in [1.29, 1.82) is 0 Å². The van der Waals surface area contributed by atoms with E-state index >= 15 is 0 Å². The van der Waals surface area contributed by atoms with E-state index in [-0.39, 0.29) is 13.2 Å². The van der Waals surface area contributed by atoms with Gasteiger partial charge in [0.1, 0.15) is 5.00 Å². The summed E-state index contributed by atoms with van der Waals surface area (Å²) in [6.07, 6.45) is 7.99. The van der Waals surface area contributed by atoms with Gasteiger partial charge in [-0.1, -0.05) is 17.7 Å². The summed E-state index contributed by atoms with van der Waals surface area (Å²) in [5, 5.41) is 18.4. The number of halogens is 1. The van der Waals surface area contributed by atoms with Crippen LogP contribution < -0.4 is 5.73 Å². The molecule has 5 nitrogen and oxygen atoms in total. The van der Waals surface area contributed by atoms with Gasteiger partial charge in [0.25, 0.3) is 0 Å². The summed E-state index contributed by atoms with van der Waals surface area (Å²) in [5.74, 6) is 0. The first-order valence-electron chi connectivity index (χ1n) is 6.58. The molecule has 1 unspecified atom stereocenters. The number of rotatable bonds is 6. The molecule has 1 aromatic heterocycles. The molecule has 0 saturated carbocycles. The van der Waals surface area contributed by atoms with Crippen LogP contribution in [0.1, 0.15) is 12.0 Å². The van der Waals surface area contributed by atoms with Gasteiger partial charge in [0.15, 0.2) is 0 Å². The fourth-order valence-electron chi connectivity index (χ4n) is 2.35. The van der Waals surface area contributed by atoms with Gasteiger partial charge in [0, 0.05) is 48.7 Å². The number of aromatic amines is 1. The van der Waals surface area contributed by atoms with Crippen molar-refractivity contribution in [2.24, 2.45) is 5.73 Å². The van der Waals surface area contributed by atoms with Crippen LogP contribution in [0.15, 0.2) is 36.3 Å². The van der Waals surface area contributed by atoms with Gasteiger partial charge >= 0.3 is 0 Å². The van der Waals surface area contributed by atoms with Crippen molar-refractivity contribution < 1.29 is 10.2 Å². The van der Waals surface area contributed by atoms with E-state index in [2.05, 4.69) is 4.98 Å². The Morgan fingerprint density at radius 3 is 2.60 bits per heavy atom. The lowest BCUT2D eigenvalue weighted by Gasteiger charge is -2.33. The number of allylic oxidation sites excluding steroid dienone is 1. The zero-order valence-electron chi connectivity index (χ0n) is 11.2. The SMILES string of the molecule is NC1(Cl)C=C(c2cc[nH]c2)C(N(CCO)CCO)=CC1. The third-order valence-electron chi connectivity index (χ3n) is 3.26. The van der Waals surface area contributed by atoms with Gasteiger partial charge in [0.05, 0.1) is 13.2 Å². The molecule has 0 saturated heterocycles. The molecule has 1 aliphatic carbocycles. The molecule has 1 heterocycles. The normalized spacial score (nSPS) is 22.4. The number of alkyl halides is 1. The molecular weight excluding hydrogens is 278 g/mol. The number of hydrogen-bond acceptors (Lipinski definition) is 4. The van der Waals surface area contributed by atoms with Crippen LogP contribution in [0.5, 0.6) is 0 Å². The van der Waals surface area contributed by atoms with E-state index in [0.717, 1.165) is 16.8 Å². The molecule has 5 N–H and O–H groups in total. The molecular formula is C14H20ClN3O2. The van der Waals surface area contributed by atoms with Crippen molar-refractivity contribution in [3.05, 3.63) is 41.9 Å². The number of aliphatic hydroxyl groups excluding tert-OH is 2. The third-order valence-corrected chi connectivity index (χ3v) is 3.52. The molecule has 0 aliphatic heterocycles. The molecule has 1 aromatic rings. The van der Waals surface area contributed by atoms with E-state index in [1.165, 1.54) is 0 Å². The Morgan fingerprint density at radius 1 is 1.35 bits per heavy atom. The van der Waals surface area contributed by atoms with Gasteiger partial charge in [-0.2, -0.15) is 0 Å². The van der Waals surface area contributed by atoms with Crippen LogP contribution in [0.25, 0.3) is 5.57 Å². The molecule has 20 heavy (non-hydrogen) atoms. The highest BCUT2D eigenvalue weighted by molar-refractivity contribution is 6.25. The van der Waals surface area contributed by atoms with Crippen molar-refractivity contribution >= 4 is 17.2 Å². The maximum Gasteiger partial charge on any atom is 0.114 e. The second kappa shape index (κ2) is 6.45. The Bertz CT molecular complexity index is 489. The van der Waals surface area contributed by atoms with Crippen LogP contribution >= 0.6 is 11.6 Å². The summed E-state index contributed by atoms with van der Waals surface area (Å²) in [6, 6.07) is 1.94. The first kappa shape index (κ1) is 15.1. The molecule has 6 heteroatoms. The maximum atomic E-state index is 9.19. The van der Waals surface area contributed by atoms with Gasteiger partial charge in [-0.15, -0.1) is 0 Å². The number of nitrogens with two attached hydrogens (primary N) is 1. The van der Waals surface area contributed by atoms with Gasteiger partial charge in [-0.3, -0.25) is 0 Å². The maximum absolute atomic E-state index is 9.19. The Hall–Kier alpha value is -1.27. The molecule has 0 amide bonds. The van der Waals surface area contributed by atoms with Gasteiger partial charge in [-0.25, -0.2) is 0 Å².